The molecule has 0 unspecified atom stereocenters. The van der Waals surface area contributed by atoms with E-state index in [1.54, 1.807) is 42.2 Å². The van der Waals surface area contributed by atoms with Gasteiger partial charge < -0.3 is 14.3 Å². The first-order chi connectivity index (χ1) is 12.6. The van der Waals surface area contributed by atoms with Crippen LogP contribution in [0.4, 0.5) is 0 Å². The highest BCUT2D eigenvalue weighted by Gasteiger charge is 2.11. The quantitative estimate of drug-likeness (QED) is 0.495. The molecule has 0 fully saturated rings. The maximum absolute atomic E-state index is 12.1. The molecule has 0 radical (unpaired) electrons. The fraction of sp³-hybridized carbons (Fsp3) is 0.158. The average molecular weight is 389 g/mol. The van der Waals surface area contributed by atoms with Crippen molar-refractivity contribution in [1.29, 1.82) is 0 Å². The maximum Gasteiger partial charge on any atom is 0.287 e. The minimum absolute atomic E-state index is 0.117. The molecule has 1 aromatic carbocycles. The minimum atomic E-state index is -0.270. The van der Waals surface area contributed by atoms with Crippen LogP contribution in [0.1, 0.15) is 16.3 Å². The monoisotopic (exact) mass is 388 g/mol. The van der Waals surface area contributed by atoms with Gasteiger partial charge in [-0.25, -0.2) is 0 Å². The van der Waals surface area contributed by atoms with E-state index in [1.165, 1.54) is 10.6 Å². The lowest BCUT2D eigenvalue weighted by atomic mass is 10.4. The third-order valence-electron chi connectivity index (χ3n) is 3.58. The molecule has 0 aliphatic rings. The first-order valence-corrected chi connectivity index (χ1v) is 9.39. The van der Waals surface area contributed by atoms with Crippen molar-refractivity contribution < 1.29 is 9.21 Å². The van der Waals surface area contributed by atoms with E-state index in [0.717, 1.165) is 10.6 Å². The lowest BCUT2D eigenvalue weighted by Crippen LogP contribution is -2.25. The molecule has 0 aliphatic heterocycles. The molecule has 134 valence electrons. The van der Waals surface area contributed by atoms with Gasteiger partial charge in [0.1, 0.15) is 5.76 Å². The normalized spacial score (nSPS) is 10.7. The van der Waals surface area contributed by atoms with Crippen LogP contribution in [0.15, 0.2) is 74.9 Å². The number of benzene rings is 1. The minimum Gasteiger partial charge on any atom is -0.454 e. The van der Waals surface area contributed by atoms with Gasteiger partial charge >= 0.3 is 0 Å². The van der Waals surface area contributed by atoms with Gasteiger partial charge in [-0.1, -0.05) is 17.7 Å². The fourth-order valence-corrected chi connectivity index (χ4v) is 3.19. The highest BCUT2D eigenvalue weighted by molar-refractivity contribution is 7.99. The maximum atomic E-state index is 12.1. The topological polar surface area (TPSA) is 64.2 Å². The molecule has 2 heterocycles. The fourth-order valence-electron chi connectivity index (χ4n) is 2.30. The number of aromatic nitrogens is 1. The summed E-state index contributed by atoms with van der Waals surface area (Å²) in [6.07, 6.45) is 1.68. The van der Waals surface area contributed by atoms with Gasteiger partial charge in [0, 0.05) is 34.5 Å². The van der Waals surface area contributed by atoms with Gasteiger partial charge in [-0.2, -0.15) is 0 Å². The van der Waals surface area contributed by atoms with E-state index >= 15 is 0 Å². The predicted octanol–water partition coefficient (Wildman–Crippen LogP) is 3.67. The van der Waals surface area contributed by atoms with Crippen molar-refractivity contribution in [2.45, 2.75) is 11.4 Å². The van der Waals surface area contributed by atoms with Crippen LogP contribution in [0.2, 0.25) is 5.02 Å². The molecule has 0 saturated carbocycles. The predicted molar refractivity (Wildman–Crippen MR) is 103 cm³/mol. The van der Waals surface area contributed by atoms with Gasteiger partial charge in [0.25, 0.3) is 11.5 Å². The Kier molecular flexibility index (Phi) is 6.20. The molecule has 0 bridgehead atoms. The second-order valence-corrected chi connectivity index (χ2v) is 7.10. The summed E-state index contributed by atoms with van der Waals surface area (Å²) in [5.74, 6) is 1.26. The van der Waals surface area contributed by atoms with Crippen LogP contribution >= 0.6 is 23.4 Å². The average Bonchev–Trinajstić information content (AvgIpc) is 3.11. The molecule has 7 heteroatoms. The zero-order valence-electron chi connectivity index (χ0n) is 13.9. The van der Waals surface area contributed by atoms with E-state index < -0.39 is 0 Å². The van der Waals surface area contributed by atoms with Crippen LogP contribution in [-0.2, 0) is 6.54 Å². The lowest BCUT2D eigenvalue weighted by molar-refractivity contribution is 0.0926. The highest BCUT2D eigenvalue weighted by Crippen LogP contribution is 2.19. The number of pyridine rings is 1. The summed E-state index contributed by atoms with van der Waals surface area (Å²) < 4.78 is 7.06. The molecule has 0 atom stereocenters. The van der Waals surface area contributed by atoms with Crippen molar-refractivity contribution in [2.75, 3.05) is 12.3 Å². The number of hydrogen-bond donors (Lipinski definition) is 1. The molecule has 0 saturated heterocycles. The van der Waals surface area contributed by atoms with E-state index in [2.05, 4.69) is 5.32 Å². The number of nitrogens with zero attached hydrogens (tertiary/aromatic N) is 1. The molecular weight excluding hydrogens is 372 g/mol. The van der Waals surface area contributed by atoms with E-state index in [9.17, 15) is 9.59 Å². The summed E-state index contributed by atoms with van der Waals surface area (Å²) in [5, 5.41) is 3.52. The number of halogens is 1. The van der Waals surface area contributed by atoms with Gasteiger partial charge in [-0.3, -0.25) is 9.59 Å². The van der Waals surface area contributed by atoms with Crippen LogP contribution in [0.5, 0.6) is 0 Å². The summed E-state index contributed by atoms with van der Waals surface area (Å²) in [6, 6.07) is 15.8. The standard InChI is InChI=1S/C19H17ClN2O3S/c20-14-4-7-16(8-5-14)26-12-10-21-19(24)17-9-6-15(25-17)13-22-11-2-1-3-18(22)23/h1-9,11H,10,12-13H2,(H,21,24). The lowest BCUT2D eigenvalue weighted by Gasteiger charge is -2.04. The highest BCUT2D eigenvalue weighted by atomic mass is 35.5. The second-order valence-electron chi connectivity index (χ2n) is 5.49. The number of rotatable bonds is 7. The Bertz CT molecular complexity index is 934. The number of furan rings is 1. The van der Waals surface area contributed by atoms with Crippen LogP contribution < -0.4 is 10.9 Å². The number of carbonyl (C=O) groups is 1. The van der Waals surface area contributed by atoms with E-state index in [0.29, 0.717) is 23.9 Å². The molecule has 3 rings (SSSR count). The Balaban J connectivity index is 1.48. The van der Waals surface area contributed by atoms with Crippen molar-refractivity contribution in [2.24, 2.45) is 0 Å². The molecule has 26 heavy (non-hydrogen) atoms. The Morgan fingerprint density at radius 3 is 2.69 bits per heavy atom. The second kappa shape index (κ2) is 8.78. The van der Waals surface area contributed by atoms with Gasteiger partial charge in [-0.15, -0.1) is 11.8 Å². The summed E-state index contributed by atoms with van der Waals surface area (Å²) >= 11 is 7.48. The van der Waals surface area contributed by atoms with Crippen LogP contribution in [0.3, 0.4) is 0 Å². The van der Waals surface area contributed by atoms with Crippen molar-refractivity contribution in [1.82, 2.24) is 9.88 Å². The summed E-state index contributed by atoms with van der Waals surface area (Å²) in [4.78, 5) is 24.9. The third-order valence-corrected chi connectivity index (χ3v) is 4.85. The molecule has 0 aliphatic carbocycles. The number of carbonyl (C=O) groups excluding carboxylic acids is 1. The van der Waals surface area contributed by atoms with Crippen LogP contribution in [0, 0.1) is 0 Å². The zero-order valence-corrected chi connectivity index (χ0v) is 15.4. The molecule has 1 amide bonds. The number of nitrogens with one attached hydrogen (secondary N) is 1. The summed E-state index contributed by atoms with van der Waals surface area (Å²) in [5.41, 5.74) is -0.117. The molecule has 0 spiro atoms. The van der Waals surface area contributed by atoms with Gasteiger partial charge in [0.2, 0.25) is 0 Å². The van der Waals surface area contributed by atoms with Crippen LogP contribution in [0.25, 0.3) is 0 Å². The SMILES string of the molecule is O=C(NCCSc1ccc(Cl)cc1)c1ccc(Cn2ccccc2=O)o1. The molecular formula is C19H17ClN2O3S. The first-order valence-electron chi connectivity index (χ1n) is 8.02. The van der Waals surface area contributed by atoms with Gasteiger partial charge in [-0.05, 0) is 42.5 Å². The Labute approximate surface area is 160 Å². The smallest absolute Gasteiger partial charge is 0.287 e. The number of hydrogen-bond acceptors (Lipinski definition) is 4. The van der Waals surface area contributed by atoms with E-state index in [-0.39, 0.29) is 17.2 Å². The largest absolute Gasteiger partial charge is 0.454 e. The first kappa shape index (κ1) is 18.4. The summed E-state index contributed by atoms with van der Waals surface area (Å²) in [7, 11) is 0. The zero-order chi connectivity index (χ0) is 18.4. The summed E-state index contributed by atoms with van der Waals surface area (Å²) in [6.45, 7) is 0.805. The Morgan fingerprint density at radius 2 is 1.92 bits per heavy atom. The Morgan fingerprint density at radius 1 is 1.12 bits per heavy atom. The third kappa shape index (κ3) is 5.03. The number of thioether (sulfide) groups is 1. The van der Waals surface area contributed by atoms with Crippen molar-refractivity contribution >= 4 is 29.3 Å². The van der Waals surface area contributed by atoms with Crippen LogP contribution in [-0.4, -0.2) is 22.8 Å². The Hall–Kier alpha value is -2.44. The van der Waals surface area contributed by atoms with Crippen molar-refractivity contribution in [3.63, 3.8) is 0 Å². The van der Waals surface area contributed by atoms with Gasteiger partial charge in [0.15, 0.2) is 5.76 Å². The van der Waals surface area contributed by atoms with Gasteiger partial charge in [0.05, 0.1) is 6.54 Å². The van der Waals surface area contributed by atoms with Crippen molar-refractivity contribution in [3.05, 3.63) is 87.7 Å². The molecule has 5 nitrogen and oxygen atoms in total. The number of amides is 1. The molecule has 2 aromatic heterocycles. The van der Waals surface area contributed by atoms with Crippen molar-refractivity contribution in [3.8, 4) is 0 Å². The van der Waals surface area contributed by atoms with E-state index in [1.807, 2.05) is 24.3 Å². The molecule has 1 N–H and O–H groups in total. The van der Waals surface area contributed by atoms with E-state index in [4.69, 9.17) is 16.0 Å². The molecule has 3 aromatic rings.